The number of rotatable bonds is 1. The zero-order valence-electron chi connectivity index (χ0n) is 6.68. The standard InChI is InChI=1S/C8H7ClN4/c9-6-4-12-13(5-6)7-2-1-3-11-8(7)10/h1-5H,(H2,10,11). The Balaban J connectivity index is 2.52. The highest BCUT2D eigenvalue weighted by Gasteiger charge is 2.02. The third kappa shape index (κ3) is 1.48. The molecule has 66 valence electrons. The van der Waals surface area contributed by atoms with E-state index in [9.17, 15) is 0 Å². The van der Waals surface area contributed by atoms with E-state index >= 15 is 0 Å². The average Bonchev–Trinajstić information content (AvgIpc) is 2.53. The van der Waals surface area contributed by atoms with Gasteiger partial charge in [-0.05, 0) is 12.1 Å². The molecule has 0 spiro atoms. The molecule has 0 unspecified atom stereocenters. The number of nitrogen functional groups attached to an aromatic ring is 1. The van der Waals surface area contributed by atoms with E-state index in [2.05, 4.69) is 10.1 Å². The van der Waals surface area contributed by atoms with Gasteiger partial charge in [-0.2, -0.15) is 5.10 Å². The van der Waals surface area contributed by atoms with Crippen molar-refractivity contribution in [1.29, 1.82) is 0 Å². The predicted octanol–water partition coefficient (Wildman–Crippen LogP) is 1.50. The van der Waals surface area contributed by atoms with Crippen LogP contribution < -0.4 is 5.73 Å². The number of hydrogen-bond donors (Lipinski definition) is 1. The molecule has 0 aliphatic rings. The second-order valence-electron chi connectivity index (χ2n) is 2.51. The van der Waals surface area contributed by atoms with Crippen LogP contribution in [-0.4, -0.2) is 14.8 Å². The van der Waals surface area contributed by atoms with Crippen LogP contribution in [0.15, 0.2) is 30.7 Å². The fourth-order valence-electron chi connectivity index (χ4n) is 1.04. The lowest BCUT2D eigenvalue weighted by molar-refractivity contribution is 0.877. The number of aromatic nitrogens is 3. The summed E-state index contributed by atoms with van der Waals surface area (Å²) in [5, 5.41) is 4.58. The van der Waals surface area contributed by atoms with Gasteiger partial charge in [0, 0.05) is 12.4 Å². The number of halogens is 1. The normalized spacial score (nSPS) is 10.2. The fourth-order valence-corrected chi connectivity index (χ4v) is 1.17. The number of hydrogen-bond acceptors (Lipinski definition) is 3. The molecule has 0 amide bonds. The van der Waals surface area contributed by atoms with E-state index in [-0.39, 0.29) is 0 Å². The van der Waals surface area contributed by atoms with Crippen molar-refractivity contribution in [3.05, 3.63) is 35.7 Å². The lowest BCUT2D eigenvalue weighted by Gasteiger charge is -2.02. The van der Waals surface area contributed by atoms with E-state index < -0.39 is 0 Å². The van der Waals surface area contributed by atoms with E-state index in [0.29, 0.717) is 10.8 Å². The van der Waals surface area contributed by atoms with Crippen LogP contribution in [0.2, 0.25) is 5.02 Å². The van der Waals surface area contributed by atoms with Crippen molar-refractivity contribution in [1.82, 2.24) is 14.8 Å². The van der Waals surface area contributed by atoms with Crippen LogP contribution in [0.3, 0.4) is 0 Å². The van der Waals surface area contributed by atoms with Crippen LogP contribution in [0, 0.1) is 0 Å². The highest BCUT2D eigenvalue weighted by molar-refractivity contribution is 6.30. The maximum absolute atomic E-state index is 5.72. The zero-order valence-corrected chi connectivity index (χ0v) is 7.44. The highest BCUT2D eigenvalue weighted by atomic mass is 35.5. The largest absolute Gasteiger partial charge is 0.382 e. The monoisotopic (exact) mass is 194 g/mol. The van der Waals surface area contributed by atoms with Gasteiger partial charge in [0.2, 0.25) is 0 Å². The molecule has 0 aromatic carbocycles. The number of nitrogens with zero attached hydrogens (tertiary/aromatic N) is 3. The van der Waals surface area contributed by atoms with Crippen LogP contribution in [0.25, 0.3) is 5.69 Å². The van der Waals surface area contributed by atoms with Crippen molar-refractivity contribution >= 4 is 17.4 Å². The SMILES string of the molecule is Nc1ncccc1-n1cc(Cl)cn1. The summed E-state index contributed by atoms with van der Waals surface area (Å²) in [5.41, 5.74) is 6.38. The first kappa shape index (κ1) is 8.07. The van der Waals surface area contributed by atoms with Gasteiger partial charge in [-0.1, -0.05) is 11.6 Å². The van der Waals surface area contributed by atoms with Gasteiger partial charge >= 0.3 is 0 Å². The van der Waals surface area contributed by atoms with Crippen molar-refractivity contribution in [3.8, 4) is 5.69 Å². The Bertz CT molecular complexity index is 424. The van der Waals surface area contributed by atoms with Gasteiger partial charge in [0.15, 0.2) is 0 Å². The Morgan fingerprint density at radius 3 is 2.92 bits per heavy atom. The molecule has 0 atom stereocenters. The van der Waals surface area contributed by atoms with Gasteiger partial charge in [0.1, 0.15) is 11.5 Å². The first-order valence-corrected chi connectivity index (χ1v) is 4.06. The van der Waals surface area contributed by atoms with Gasteiger partial charge < -0.3 is 5.73 Å². The molecule has 13 heavy (non-hydrogen) atoms. The van der Waals surface area contributed by atoms with E-state index in [0.717, 1.165) is 5.69 Å². The van der Waals surface area contributed by atoms with Crippen LogP contribution in [0.5, 0.6) is 0 Å². The summed E-state index contributed by atoms with van der Waals surface area (Å²) in [7, 11) is 0. The molecule has 0 saturated carbocycles. The summed E-state index contributed by atoms with van der Waals surface area (Å²) in [6.07, 6.45) is 4.85. The van der Waals surface area contributed by atoms with Crippen LogP contribution in [-0.2, 0) is 0 Å². The molecule has 0 radical (unpaired) electrons. The highest BCUT2D eigenvalue weighted by Crippen LogP contribution is 2.15. The van der Waals surface area contributed by atoms with Crippen molar-refractivity contribution in [3.63, 3.8) is 0 Å². The van der Waals surface area contributed by atoms with Gasteiger partial charge in [0.25, 0.3) is 0 Å². The summed E-state index contributed by atoms with van der Waals surface area (Å²) < 4.78 is 1.59. The van der Waals surface area contributed by atoms with Gasteiger partial charge in [-0.15, -0.1) is 0 Å². The topological polar surface area (TPSA) is 56.7 Å². The van der Waals surface area contributed by atoms with Gasteiger partial charge in [-0.3, -0.25) is 0 Å². The summed E-state index contributed by atoms with van der Waals surface area (Å²) >= 11 is 5.72. The molecule has 5 heteroatoms. The van der Waals surface area contributed by atoms with Crippen LogP contribution in [0.4, 0.5) is 5.82 Å². The Hall–Kier alpha value is -1.55. The third-order valence-electron chi connectivity index (χ3n) is 1.61. The molecule has 4 nitrogen and oxygen atoms in total. The van der Waals surface area contributed by atoms with Crippen molar-refractivity contribution < 1.29 is 0 Å². The zero-order chi connectivity index (χ0) is 9.26. The minimum Gasteiger partial charge on any atom is -0.382 e. The first-order chi connectivity index (χ1) is 6.27. The van der Waals surface area contributed by atoms with Crippen LogP contribution >= 0.6 is 11.6 Å². The quantitative estimate of drug-likeness (QED) is 0.749. The van der Waals surface area contributed by atoms with E-state index in [1.807, 2.05) is 6.07 Å². The summed E-state index contributed by atoms with van der Waals surface area (Å²) in [6, 6.07) is 3.62. The Labute approximate surface area is 80.0 Å². The van der Waals surface area contributed by atoms with Crippen molar-refractivity contribution in [2.45, 2.75) is 0 Å². The molecule has 2 heterocycles. The summed E-state index contributed by atoms with van der Waals surface area (Å²) in [5.74, 6) is 0.433. The molecular formula is C8H7ClN4. The third-order valence-corrected chi connectivity index (χ3v) is 1.81. The summed E-state index contributed by atoms with van der Waals surface area (Å²) in [6.45, 7) is 0. The number of pyridine rings is 1. The van der Waals surface area contributed by atoms with E-state index in [1.54, 1.807) is 29.3 Å². The lowest BCUT2D eigenvalue weighted by Crippen LogP contribution is -2.01. The molecule has 0 aliphatic carbocycles. The Morgan fingerprint density at radius 2 is 2.31 bits per heavy atom. The first-order valence-electron chi connectivity index (χ1n) is 3.68. The minimum absolute atomic E-state index is 0.433. The number of nitrogens with two attached hydrogens (primary N) is 1. The second kappa shape index (κ2) is 3.06. The Kier molecular flexibility index (Phi) is 1.90. The summed E-state index contributed by atoms with van der Waals surface area (Å²) in [4.78, 5) is 3.94. The van der Waals surface area contributed by atoms with Crippen molar-refractivity contribution in [2.24, 2.45) is 0 Å². The molecule has 2 aromatic rings. The Morgan fingerprint density at radius 1 is 1.46 bits per heavy atom. The molecule has 2 rings (SSSR count). The molecule has 2 N–H and O–H groups in total. The molecular weight excluding hydrogens is 188 g/mol. The predicted molar refractivity (Wildman–Crippen MR) is 50.8 cm³/mol. The van der Waals surface area contributed by atoms with Gasteiger partial charge in [-0.25, -0.2) is 9.67 Å². The second-order valence-corrected chi connectivity index (χ2v) is 2.95. The maximum atomic E-state index is 5.72. The van der Waals surface area contributed by atoms with E-state index in [1.165, 1.54) is 0 Å². The van der Waals surface area contributed by atoms with Gasteiger partial charge in [0.05, 0.1) is 11.2 Å². The lowest BCUT2D eigenvalue weighted by atomic mass is 10.4. The number of anilines is 1. The van der Waals surface area contributed by atoms with Crippen LogP contribution in [0.1, 0.15) is 0 Å². The molecule has 0 aliphatic heterocycles. The maximum Gasteiger partial charge on any atom is 0.149 e. The molecule has 2 aromatic heterocycles. The fraction of sp³-hybridized carbons (Fsp3) is 0. The molecule has 0 bridgehead atoms. The molecule has 0 fully saturated rings. The van der Waals surface area contributed by atoms with E-state index in [4.69, 9.17) is 17.3 Å². The minimum atomic E-state index is 0.433. The smallest absolute Gasteiger partial charge is 0.149 e. The molecule has 0 saturated heterocycles. The average molecular weight is 195 g/mol. The van der Waals surface area contributed by atoms with Crippen molar-refractivity contribution in [2.75, 3.05) is 5.73 Å².